The molecule has 48 heavy (non-hydrogen) atoms. The minimum absolute atomic E-state index is 0.0504. The van der Waals surface area contributed by atoms with Gasteiger partial charge in [0.2, 0.25) is 0 Å². The molecule has 2 aromatic rings. The number of halogens is 9. The van der Waals surface area contributed by atoms with Crippen LogP contribution < -0.4 is 4.74 Å². The van der Waals surface area contributed by atoms with Crippen molar-refractivity contribution in [3.8, 4) is 5.75 Å². The molecule has 0 aliphatic carbocycles. The van der Waals surface area contributed by atoms with Crippen molar-refractivity contribution >= 4 is 17.9 Å². The predicted octanol–water partition coefficient (Wildman–Crippen LogP) is 5.53. The number of nitrogens with zero attached hydrogens (tertiary/aromatic N) is 3. The highest BCUT2D eigenvalue weighted by atomic mass is 19.4. The average molecular weight is 710 g/mol. The van der Waals surface area contributed by atoms with Gasteiger partial charge >= 0.3 is 36.4 Å². The van der Waals surface area contributed by atoms with E-state index in [4.69, 9.17) is 39.2 Å². The highest BCUT2D eigenvalue weighted by Gasteiger charge is 2.46. The average Bonchev–Trinajstić information content (AvgIpc) is 3.36. The van der Waals surface area contributed by atoms with Gasteiger partial charge in [-0.3, -0.25) is 14.9 Å². The van der Waals surface area contributed by atoms with Gasteiger partial charge in [0.15, 0.2) is 0 Å². The molecule has 270 valence electrons. The summed E-state index contributed by atoms with van der Waals surface area (Å²) in [5, 5.41) is 21.4. The Morgan fingerprint density at radius 1 is 0.896 bits per heavy atom. The zero-order valence-corrected chi connectivity index (χ0v) is 25.1. The van der Waals surface area contributed by atoms with E-state index in [1.54, 1.807) is 12.4 Å². The van der Waals surface area contributed by atoms with E-state index in [-0.39, 0.29) is 5.60 Å². The van der Waals surface area contributed by atoms with Crippen LogP contribution in [0.1, 0.15) is 37.1 Å². The minimum Gasteiger partial charge on any atom is -0.492 e. The molecule has 0 radical (unpaired) electrons. The van der Waals surface area contributed by atoms with Crippen molar-refractivity contribution in [2.24, 2.45) is 5.92 Å². The standard InChI is InChI=1S/C22H29N3O2.3C2HF3O2/c1-18-4-2-5-20(24-18)17-25-12-9-22(10-13-25)19(8-15-27-22)7-14-26-21-6-3-11-23-16-21;3*3-2(4,5)1(6)7/h2-6,11,16,19H,7-10,12-15,17H2,1H3;3*(H,6,7). The summed E-state index contributed by atoms with van der Waals surface area (Å²) >= 11 is 0. The fourth-order valence-corrected chi connectivity index (χ4v) is 4.50. The van der Waals surface area contributed by atoms with E-state index in [1.807, 2.05) is 12.1 Å². The molecule has 11 nitrogen and oxygen atoms in total. The summed E-state index contributed by atoms with van der Waals surface area (Å²) in [5.41, 5.74) is 2.31. The minimum atomic E-state index is -5.08. The van der Waals surface area contributed by atoms with Gasteiger partial charge in [-0.1, -0.05) is 6.07 Å². The first-order valence-electron chi connectivity index (χ1n) is 13.8. The van der Waals surface area contributed by atoms with Gasteiger partial charge in [-0.15, -0.1) is 0 Å². The van der Waals surface area contributed by atoms with E-state index in [9.17, 15) is 39.5 Å². The van der Waals surface area contributed by atoms with E-state index in [0.717, 1.165) is 70.0 Å². The van der Waals surface area contributed by atoms with E-state index in [2.05, 4.69) is 40.0 Å². The quantitative estimate of drug-likeness (QED) is 0.324. The molecule has 1 atom stereocenters. The number of pyridine rings is 2. The van der Waals surface area contributed by atoms with Gasteiger partial charge in [0.25, 0.3) is 0 Å². The first-order chi connectivity index (χ1) is 22.1. The second kappa shape index (κ2) is 18.4. The summed E-state index contributed by atoms with van der Waals surface area (Å²) < 4.78 is 107. The highest BCUT2D eigenvalue weighted by molar-refractivity contribution is 5.73. The number of aromatic nitrogens is 2. The summed E-state index contributed by atoms with van der Waals surface area (Å²) in [5.74, 6) is -6.83. The molecule has 3 N–H and O–H groups in total. The fourth-order valence-electron chi connectivity index (χ4n) is 4.50. The van der Waals surface area contributed by atoms with Crippen LogP contribution in [0.5, 0.6) is 5.75 Å². The van der Waals surface area contributed by atoms with Gasteiger partial charge in [0, 0.05) is 38.1 Å². The van der Waals surface area contributed by atoms with E-state index >= 15 is 0 Å². The van der Waals surface area contributed by atoms with Crippen LogP contribution >= 0.6 is 0 Å². The third kappa shape index (κ3) is 15.6. The number of ether oxygens (including phenoxy) is 2. The normalized spacial score (nSPS) is 17.4. The Bertz CT molecular complexity index is 1240. The SMILES string of the molecule is Cc1cccc(CN2CCC3(CC2)OCCC3CCOc2cccnc2)n1.O=C(O)C(F)(F)F.O=C(O)C(F)(F)F.O=C(O)C(F)(F)F. The van der Waals surface area contributed by atoms with Crippen LogP contribution in [0.25, 0.3) is 0 Å². The van der Waals surface area contributed by atoms with Crippen molar-refractivity contribution in [3.63, 3.8) is 0 Å². The van der Waals surface area contributed by atoms with Gasteiger partial charge in [-0.05, 0) is 62.8 Å². The molecule has 0 bridgehead atoms. The Morgan fingerprint density at radius 3 is 1.85 bits per heavy atom. The Labute approximate surface area is 267 Å². The lowest BCUT2D eigenvalue weighted by molar-refractivity contribution is -0.193. The van der Waals surface area contributed by atoms with Crippen LogP contribution in [0, 0.1) is 12.8 Å². The number of aryl methyl sites for hydroxylation is 1. The Kier molecular flexibility index (Phi) is 16.0. The number of piperidine rings is 1. The number of carbonyl (C=O) groups is 3. The van der Waals surface area contributed by atoms with Crippen LogP contribution in [0.3, 0.4) is 0 Å². The third-order valence-electron chi connectivity index (χ3n) is 6.73. The molecule has 1 unspecified atom stereocenters. The number of carboxylic acids is 3. The fraction of sp³-hybridized carbons (Fsp3) is 0.536. The van der Waals surface area contributed by atoms with Crippen LogP contribution in [0.2, 0.25) is 0 Å². The smallest absolute Gasteiger partial charge is 0.490 e. The molecule has 2 fully saturated rings. The largest absolute Gasteiger partial charge is 0.492 e. The molecule has 4 rings (SSSR count). The molecule has 2 aliphatic rings. The number of rotatable bonds is 6. The van der Waals surface area contributed by atoms with Gasteiger partial charge in [0.05, 0.1) is 24.1 Å². The monoisotopic (exact) mass is 709 g/mol. The molecule has 20 heteroatoms. The summed E-state index contributed by atoms with van der Waals surface area (Å²) in [4.78, 5) is 38.0. The number of alkyl halides is 9. The van der Waals surface area contributed by atoms with Crippen molar-refractivity contribution in [3.05, 3.63) is 54.1 Å². The number of hydrogen-bond acceptors (Lipinski definition) is 8. The summed E-state index contributed by atoms with van der Waals surface area (Å²) in [6.07, 6.45) is -7.29. The molecule has 2 aromatic heterocycles. The maximum absolute atomic E-state index is 10.6. The van der Waals surface area contributed by atoms with Crippen molar-refractivity contribution < 1.29 is 78.7 Å². The maximum Gasteiger partial charge on any atom is 0.490 e. The molecular weight excluding hydrogens is 677 g/mol. The van der Waals surface area contributed by atoms with Crippen molar-refractivity contribution in [2.75, 3.05) is 26.3 Å². The number of likely N-dealkylation sites (tertiary alicyclic amines) is 1. The van der Waals surface area contributed by atoms with Crippen molar-refractivity contribution in [1.82, 2.24) is 14.9 Å². The second-order valence-corrected chi connectivity index (χ2v) is 10.2. The molecule has 1 spiro atoms. The zero-order valence-electron chi connectivity index (χ0n) is 25.1. The molecule has 2 aliphatic heterocycles. The first-order valence-corrected chi connectivity index (χ1v) is 13.8. The summed E-state index contributed by atoms with van der Waals surface area (Å²) in [6.45, 7) is 6.77. The zero-order chi connectivity index (χ0) is 36.8. The van der Waals surface area contributed by atoms with Gasteiger partial charge in [-0.2, -0.15) is 39.5 Å². The van der Waals surface area contributed by atoms with Crippen LogP contribution in [-0.4, -0.2) is 98.5 Å². The summed E-state index contributed by atoms with van der Waals surface area (Å²) in [6, 6.07) is 10.2. The Hall–Kier alpha value is -4.20. The number of aliphatic carboxylic acids is 3. The molecule has 0 saturated carbocycles. The molecule has 0 amide bonds. The topological polar surface area (TPSA) is 159 Å². The van der Waals surface area contributed by atoms with Gasteiger partial charge in [-0.25, -0.2) is 14.4 Å². The van der Waals surface area contributed by atoms with E-state index in [0.29, 0.717) is 5.92 Å². The van der Waals surface area contributed by atoms with Crippen molar-refractivity contribution in [2.45, 2.75) is 63.3 Å². The lowest BCUT2D eigenvalue weighted by Crippen LogP contribution is -2.47. The van der Waals surface area contributed by atoms with E-state index in [1.165, 1.54) is 5.69 Å². The molecule has 4 heterocycles. The highest BCUT2D eigenvalue weighted by Crippen LogP contribution is 2.42. The predicted molar refractivity (Wildman–Crippen MR) is 146 cm³/mol. The second-order valence-electron chi connectivity index (χ2n) is 10.2. The van der Waals surface area contributed by atoms with Gasteiger partial charge < -0.3 is 24.8 Å². The summed E-state index contributed by atoms with van der Waals surface area (Å²) in [7, 11) is 0. The van der Waals surface area contributed by atoms with Crippen LogP contribution in [0.15, 0.2) is 42.7 Å². The van der Waals surface area contributed by atoms with Crippen LogP contribution in [-0.2, 0) is 25.7 Å². The number of hydrogen-bond donors (Lipinski definition) is 3. The molecular formula is C28H32F9N3O8. The Balaban J connectivity index is 0.000000448. The van der Waals surface area contributed by atoms with Crippen LogP contribution in [0.4, 0.5) is 39.5 Å². The van der Waals surface area contributed by atoms with Crippen molar-refractivity contribution in [1.29, 1.82) is 0 Å². The molecule has 2 saturated heterocycles. The number of carboxylic acid groups (broad SMARTS) is 3. The third-order valence-corrected chi connectivity index (χ3v) is 6.73. The van der Waals surface area contributed by atoms with Gasteiger partial charge in [0.1, 0.15) is 5.75 Å². The maximum atomic E-state index is 10.6. The first kappa shape index (κ1) is 41.8. The Morgan fingerprint density at radius 2 is 1.42 bits per heavy atom. The lowest BCUT2D eigenvalue weighted by Gasteiger charge is -2.42. The molecule has 0 aromatic carbocycles. The lowest BCUT2D eigenvalue weighted by atomic mass is 9.78. The van der Waals surface area contributed by atoms with E-state index < -0.39 is 36.4 Å².